The summed E-state index contributed by atoms with van der Waals surface area (Å²) in [6, 6.07) is 40.7. The van der Waals surface area contributed by atoms with E-state index in [-0.39, 0.29) is 10.8 Å². The fraction of sp³-hybridized carbons (Fsp3) is 0.143. The van der Waals surface area contributed by atoms with Crippen LogP contribution in [0, 0.1) is 0 Å². The van der Waals surface area contributed by atoms with Gasteiger partial charge in [-0.05, 0) is 93.0 Å². The highest BCUT2D eigenvalue weighted by Crippen LogP contribution is 2.61. The van der Waals surface area contributed by atoms with Crippen molar-refractivity contribution in [1.29, 1.82) is 0 Å². The molecule has 4 heteroatoms. The fourth-order valence-electron chi connectivity index (χ4n) is 7.97. The number of rotatable bonds is 1. The van der Waals surface area contributed by atoms with Crippen LogP contribution in [-0.4, -0.2) is 0 Å². The largest absolute Gasteiger partial charge is 0.454 e. The van der Waals surface area contributed by atoms with Gasteiger partial charge in [-0.2, -0.15) is 0 Å². The molecule has 0 unspecified atom stereocenters. The summed E-state index contributed by atoms with van der Waals surface area (Å²) in [4.78, 5) is 7.84. The molecule has 222 valence electrons. The molecule has 0 spiro atoms. The normalized spacial score (nSPS) is 16.5. The highest BCUT2D eigenvalue weighted by atomic mass is 32.2. The third-order valence-electron chi connectivity index (χ3n) is 10.4. The van der Waals surface area contributed by atoms with Crippen LogP contribution in [0.3, 0.4) is 0 Å². The Morgan fingerprint density at radius 1 is 0.457 bits per heavy atom. The molecule has 0 atom stereocenters. The number of ether oxygens (including phenoxy) is 1. The molecule has 2 aliphatic carbocycles. The van der Waals surface area contributed by atoms with E-state index in [4.69, 9.17) is 4.74 Å². The van der Waals surface area contributed by atoms with Crippen LogP contribution in [0.5, 0.6) is 11.5 Å². The zero-order chi connectivity index (χ0) is 30.9. The van der Waals surface area contributed by atoms with Gasteiger partial charge in [0.25, 0.3) is 0 Å². The Kier molecular flexibility index (Phi) is 5.56. The monoisotopic (exact) mass is 646 g/mol. The molecule has 6 aromatic carbocycles. The van der Waals surface area contributed by atoms with Gasteiger partial charge in [0.2, 0.25) is 0 Å². The SMILES string of the molecule is CC1(C)c2cc(-c3ccc4c(c3)C(C)(C)c3ccc5c(c3-4)Sc3ccccc3S5)ccc2-c2c1ccc1c2Oc2ccccc2S1. The smallest absolute Gasteiger partial charge is 0.149 e. The van der Waals surface area contributed by atoms with Crippen LogP contribution < -0.4 is 4.74 Å². The molecule has 6 aromatic rings. The first-order valence-electron chi connectivity index (χ1n) is 15.8. The van der Waals surface area contributed by atoms with Crippen LogP contribution in [0.25, 0.3) is 33.4 Å². The van der Waals surface area contributed by atoms with Crippen molar-refractivity contribution in [3.63, 3.8) is 0 Å². The van der Waals surface area contributed by atoms with Gasteiger partial charge in [-0.3, -0.25) is 0 Å². The van der Waals surface area contributed by atoms with E-state index in [1.165, 1.54) is 85.0 Å². The maximum Gasteiger partial charge on any atom is 0.149 e. The second-order valence-electron chi connectivity index (χ2n) is 13.7. The van der Waals surface area contributed by atoms with Gasteiger partial charge < -0.3 is 4.74 Å². The minimum atomic E-state index is -0.128. The molecule has 2 aliphatic heterocycles. The molecule has 0 N–H and O–H groups in total. The number of fused-ring (bicyclic) bond motifs is 12. The van der Waals surface area contributed by atoms with Gasteiger partial charge in [0.15, 0.2) is 0 Å². The Balaban J connectivity index is 1.07. The quantitative estimate of drug-likeness (QED) is 0.175. The Morgan fingerprint density at radius 3 is 1.70 bits per heavy atom. The summed E-state index contributed by atoms with van der Waals surface area (Å²) in [5.41, 5.74) is 13.2. The number of benzene rings is 6. The highest BCUT2D eigenvalue weighted by Gasteiger charge is 2.41. The Hall–Kier alpha value is -3.83. The number of hydrogen-bond donors (Lipinski definition) is 0. The van der Waals surface area contributed by atoms with E-state index < -0.39 is 0 Å². The second kappa shape index (κ2) is 9.38. The summed E-state index contributed by atoms with van der Waals surface area (Å²) >= 11 is 5.64. The van der Waals surface area contributed by atoms with Crippen molar-refractivity contribution in [2.45, 2.75) is 67.9 Å². The average Bonchev–Trinajstić information content (AvgIpc) is 3.45. The third-order valence-corrected chi connectivity index (χ3v) is 14.1. The summed E-state index contributed by atoms with van der Waals surface area (Å²) in [6.07, 6.45) is 0. The molecule has 0 saturated heterocycles. The zero-order valence-electron chi connectivity index (χ0n) is 26.0. The molecular formula is C42H30OS3. The van der Waals surface area contributed by atoms with E-state index in [1.807, 2.05) is 23.5 Å². The van der Waals surface area contributed by atoms with Crippen LogP contribution in [0.2, 0.25) is 0 Å². The zero-order valence-corrected chi connectivity index (χ0v) is 28.5. The van der Waals surface area contributed by atoms with Gasteiger partial charge in [0.1, 0.15) is 11.5 Å². The molecule has 0 fully saturated rings. The first-order valence-corrected chi connectivity index (χ1v) is 18.3. The van der Waals surface area contributed by atoms with Gasteiger partial charge in [0.05, 0.1) is 9.79 Å². The van der Waals surface area contributed by atoms with Crippen molar-refractivity contribution >= 4 is 35.3 Å². The van der Waals surface area contributed by atoms with Crippen LogP contribution in [-0.2, 0) is 10.8 Å². The first-order chi connectivity index (χ1) is 22.3. The molecule has 1 nitrogen and oxygen atoms in total. The lowest BCUT2D eigenvalue weighted by atomic mass is 9.80. The maximum absolute atomic E-state index is 6.62. The molecule has 0 aromatic heterocycles. The Bertz CT molecular complexity index is 2170. The van der Waals surface area contributed by atoms with Crippen LogP contribution in [0.1, 0.15) is 49.9 Å². The molecule has 46 heavy (non-hydrogen) atoms. The van der Waals surface area contributed by atoms with Gasteiger partial charge in [-0.25, -0.2) is 0 Å². The highest BCUT2D eigenvalue weighted by molar-refractivity contribution is 8.05. The molecule has 0 radical (unpaired) electrons. The summed E-state index contributed by atoms with van der Waals surface area (Å²) in [6.45, 7) is 9.50. The Morgan fingerprint density at radius 2 is 1.00 bits per heavy atom. The fourth-order valence-corrected chi connectivity index (χ4v) is 11.3. The topological polar surface area (TPSA) is 9.23 Å². The van der Waals surface area contributed by atoms with Crippen LogP contribution in [0.4, 0.5) is 0 Å². The van der Waals surface area contributed by atoms with Crippen LogP contribution >= 0.6 is 35.3 Å². The molecule has 10 rings (SSSR count). The third kappa shape index (κ3) is 3.64. The molecule has 0 bridgehead atoms. The predicted molar refractivity (Wildman–Crippen MR) is 192 cm³/mol. The Labute approximate surface area is 282 Å². The van der Waals surface area contributed by atoms with Crippen molar-refractivity contribution in [1.82, 2.24) is 0 Å². The van der Waals surface area contributed by atoms with Crippen LogP contribution in [0.15, 0.2) is 139 Å². The van der Waals surface area contributed by atoms with Crippen molar-refractivity contribution < 1.29 is 4.74 Å². The van der Waals surface area contributed by atoms with Crippen molar-refractivity contribution in [2.24, 2.45) is 0 Å². The van der Waals surface area contributed by atoms with Crippen molar-refractivity contribution in [2.75, 3.05) is 0 Å². The molecule has 0 amide bonds. The molecule has 0 saturated carbocycles. The summed E-state index contributed by atoms with van der Waals surface area (Å²) in [7, 11) is 0. The second-order valence-corrected chi connectivity index (χ2v) is 16.9. The van der Waals surface area contributed by atoms with E-state index in [0.29, 0.717) is 0 Å². The molecule has 4 aliphatic rings. The summed E-state index contributed by atoms with van der Waals surface area (Å²) < 4.78 is 6.62. The van der Waals surface area contributed by atoms with E-state index in [1.54, 1.807) is 11.8 Å². The summed E-state index contributed by atoms with van der Waals surface area (Å²) in [5.74, 6) is 1.94. The van der Waals surface area contributed by atoms with Gasteiger partial charge >= 0.3 is 0 Å². The lowest BCUT2D eigenvalue weighted by Crippen LogP contribution is -2.15. The van der Waals surface area contributed by atoms with E-state index in [2.05, 4.69) is 137 Å². The van der Waals surface area contributed by atoms with E-state index >= 15 is 0 Å². The lowest BCUT2D eigenvalue weighted by Gasteiger charge is -2.25. The standard InChI is InChI=1S/C42H30OS3/c1-41(2)27-17-19-35-39(43-31-9-5-6-10-32(31)44-35)37(27)25-15-13-23(21-29(25)41)24-14-16-26-30(22-24)42(3,4)28-18-20-36-40(38(26)28)46-34-12-8-7-11-33(34)45-36/h5-22H,1-4H3. The minimum absolute atomic E-state index is 0.0749. The lowest BCUT2D eigenvalue weighted by molar-refractivity contribution is 0.455. The maximum atomic E-state index is 6.62. The van der Waals surface area contributed by atoms with Gasteiger partial charge in [0, 0.05) is 41.5 Å². The summed E-state index contributed by atoms with van der Waals surface area (Å²) in [5, 5.41) is 0. The average molecular weight is 647 g/mol. The molecule has 2 heterocycles. The van der Waals surface area contributed by atoms with Gasteiger partial charge in [-0.15, -0.1) is 0 Å². The molecular weight excluding hydrogens is 617 g/mol. The van der Waals surface area contributed by atoms with E-state index in [0.717, 1.165) is 11.5 Å². The number of para-hydroxylation sites is 1. The minimum Gasteiger partial charge on any atom is -0.454 e. The predicted octanol–water partition coefficient (Wildman–Crippen LogP) is 12.8. The number of hydrogen-bond acceptors (Lipinski definition) is 4. The van der Waals surface area contributed by atoms with Crippen molar-refractivity contribution in [3.8, 4) is 44.9 Å². The first kappa shape index (κ1) is 27.3. The van der Waals surface area contributed by atoms with Gasteiger partial charge in [-0.1, -0.05) is 124 Å². The van der Waals surface area contributed by atoms with Crippen molar-refractivity contribution in [3.05, 3.63) is 131 Å². The van der Waals surface area contributed by atoms with E-state index in [9.17, 15) is 0 Å².